The van der Waals surface area contributed by atoms with Crippen molar-refractivity contribution in [2.75, 3.05) is 0 Å². The van der Waals surface area contributed by atoms with Crippen molar-refractivity contribution in [1.29, 1.82) is 0 Å². The maximum absolute atomic E-state index is 11.0. The number of aryl methyl sites for hydroxylation is 1. The van der Waals surface area contributed by atoms with E-state index in [0.29, 0.717) is 5.56 Å². The molecule has 0 saturated heterocycles. The molecular formula is C40H29NO4. The molecule has 5 heteroatoms. The molecule has 1 aromatic heterocycles. The number of rotatable bonds is 3. The van der Waals surface area contributed by atoms with Crippen molar-refractivity contribution in [3.8, 4) is 50.9 Å². The SMILES string of the molecule is Cc1ccc2cc(-c3ccc4c(c3)c3ccc(-c5c(O)c(C)c(O)c(O)c5O)cc3n4-c3cccc4ccccc34)ccc2c1. The van der Waals surface area contributed by atoms with Crippen molar-refractivity contribution in [3.05, 3.63) is 126 Å². The van der Waals surface area contributed by atoms with Gasteiger partial charge in [-0.1, -0.05) is 90.5 Å². The lowest BCUT2D eigenvalue weighted by Gasteiger charge is -2.15. The summed E-state index contributed by atoms with van der Waals surface area (Å²) in [4.78, 5) is 0. The maximum Gasteiger partial charge on any atom is 0.201 e. The zero-order valence-corrected chi connectivity index (χ0v) is 24.7. The van der Waals surface area contributed by atoms with Gasteiger partial charge < -0.3 is 25.0 Å². The Hall–Kier alpha value is -5.94. The van der Waals surface area contributed by atoms with E-state index >= 15 is 0 Å². The highest BCUT2D eigenvalue weighted by Gasteiger charge is 2.24. The van der Waals surface area contributed by atoms with Crippen LogP contribution in [0.4, 0.5) is 0 Å². The molecule has 0 spiro atoms. The van der Waals surface area contributed by atoms with Gasteiger partial charge in [0.25, 0.3) is 0 Å². The van der Waals surface area contributed by atoms with Crippen LogP contribution in [0.2, 0.25) is 0 Å². The van der Waals surface area contributed by atoms with Crippen molar-refractivity contribution in [2.24, 2.45) is 0 Å². The number of hydrogen-bond donors (Lipinski definition) is 4. The number of aromatic nitrogens is 1. The molecule has 0 fully saturated rings. The molecule has 0 unspecified atom stereocenters. The second kappa shape index (κ2) is 9.79. The summed E-state index contributed by atoms with van der Waals surface area (Å²) in [6.07, 6.45) is 0. The Labute approximate surface area is 259 Å². The normalized spacial score (nSPS) is 11.7. The molecule has 7 aromatic carbocycles. The summed E-state index contributed by atoms with van der Waals surface area (Å²) in [6, 6.07) is 39.8. The van der Waals surface area contributed by atoms with Gasteiger partial charge >= 0.3 is 0 Å². The van der Waals surface area contributed by atoms with E-state index < -0.39 is 17.2 Å². The smallest absolute Gasteiger partial charge is 0.201 e. The van der Waals surface area contributed by atoms with Gasteiger partial charge in [0.05, 0.1) is 22.3 Å². The van der Waals surface area contributed by atoms with Crippen molar-refractivity contribution < 1.29 is 20.4 Å². The van der Waals surface area contributed by atoms with Crippen LogP contribution in [0, 0.1) is 13.8 Å². The van der Waals surface area contributed by atoms with E-state index in [4.69, 9.17) is 0 Å². The van der Waals surface area contributed by atoms with Gasteiger partial charge in [-0.25, -0.2) is 0 Å². The monoisotopic (exact) mass is 587 g/mol. The van der Waals surface area contributed by atoms with Gasteiger partial charge in [-0.3, -0.25) is 0 Å². The van der Waals surface area contributed by atoms with Crippen LogP contribution >= 0.6 is 0 Å². The Morgan fingerprint density at radius 3 is 2.02 bits per heavy atom. The van der Waals surface area contributed by atoms with Crippen LogP contribution in [-0.4, -0.2) is 25.0 Å². The van der Waals surface area contributed by atoms with Crippen LogP contribution in [0.1, 0.15) is 11.1 Å². The zero-order chi connectivity index (χ0) is 31.0. The van der Waals surface area contributed by atoms with Gasteiger partial charge in [0.2, 0.25) is 5.75 Å². The van der Waals surface area contributed by atoms with Gasteiger partial charge in [-0.05, 0) is 77.0 Å². The van der Waals surface area contributed by atoms with Crippen molar-refractivity contribution in [3.63, 3.8) is 0 Å². The molecule has 0 atom stereocenters. The zero-order valence-electron chi connectivity index (χ0n) is 24.7. The van der Waals surface area contributed by atoms with E-state index in [1.165, 1.54) is 23.3 Å². The molecule has 4 N–H and O–H groups in total. The molecular weight excluding hydrogens is 558 g/mol. The van der Waals surface area contributed by atoms with Crippen LogP contribution in [-0.2, 0) is 0 Å². The van der Waals surface area contributed by atoms with E-state index in [0.717, 1.165) is 49.4 Å². The summed E-state index contributed by atoms with van der Waals surface area (Å²) in [7, 11) is 0. The number of fused-ring (bicyclic) bond motifs is 5. The fourth-order valence-corrected chi connectivity index (χ4v) is 6.66. The summed E-state index contributed by atoms with van der Waals surface area (Å²) in [5.41, 5.74) is 6.99. The van der Waals surface area contributed by atoms with Crippen molar-refractivity contribution in [1.82, 2.24) is 4.57 Å². The quantitative estimate of drug-likeness (QED) is 0.122. The summed E-state index contributed by atoms with van der Waals surface area (Å²) in [5, 5.41) is 49.1. The average molecular weight is 588 g/mol. The first-order valence-electron chi connectivity index (χ1n) is 14.8. The Morgan fingerprint density at radius 1 is 0.444 bits per heavy atom. The lowest BCUT2D eigenvalue weighted by molar-refractivity contribution is 0.360. The van der Waals surface area contributed by atoms with E-state index in [1.807, 2.05) is 36.4 Å². The molecule has 218 valence electrons. The van der Waals surface area contributed by atoms with Crippen molar-refractivity contribution >= 4 is 43.4 Å². The molecule has 1 heterocycles. The minimum absolute atomic E-state index is 0.0616. The topological polar surface area (TPSA) is 85.8 Å². The van der Waals surface area contributed by atoms with Crippen LogP contribution in [0.3, 0.4) is 0 Å². The van der Waals surface area contributed by atoms with Crippen LogP contribution < -0.4 is 0 Å². The first-order valence-corrected chi connectivity index (χ1v) is 14.8. The molecule has 0 radical (unpaired) electrons. The van der Waals surface area contributed by atoms with E-state index in [9.17, 15) is 20.4 Å². The fraction of sp³-hybridized carbons (Fsp3) is 0.0500. The number of nitrogens with zero attached hydrogens (tertiary/aromatic N) is 1. The molecule has 5 nitrogen and oxygen atoms in total. The predicted molar refractivity (Wildman–Crippen MR) is 183 cm³/mol. The molecule has 0 amide bonds. The summed E-state index contributed by atoms with van der Waals surface area (Å²) in [5.74, 6) is -2.07. The standard InChI is InChI=1S/C40H29NO4/c1-22-10-11-26-19-27(13-12-25(26)18-22)28-15-17-34-32(20-28)31-16-14-29(36-37(42)23(2)38(43)40(45)39(36)44)21-35(31)41(34)33-9-5-7-24-6-3-4-8-30(24)33/h3-21,42-45H,1-2H3. The van der Waals surface area contributed by atoms with Crippen molar-refractivity contribution in [2.45, 2.75) is 13.8 Å². The fourth-order valence-electron chi connectivity index (χ4n) is 6.66. The third kappa shape index (κ3) is 4.01. The second-order valence-electron chi connectivity index (χ2n) is 11.8. The van der Waals surface area contributed by atoms with Gasteiger partial charge in [0.15, 0.2) is 11.5 Å². The van der Waals surface area contributed by atoms with Crippen LogP contribution in [0.25, 0.3) is 71.3 Å². The number of hydrogen-bond acceptors (Lipinski definition) is 4. The first-order chi connectivity index (χ1) is 21.8. The molecule has 8 aromatic rings. The predicted octanol–water partition coefficient (Wildman–Crippen LogP) is 9.86. The van der Waals surface area contributed by atoms with Gasteiger partial charge in [-0.2, -0.15) is 0 Å². The lowest BCUT2D eigenvalue weighted by Crippen LogP contribution is -1.95. The number of benzene rings is 7. The van der Waals surface area contributed by atoms with Crippen LogP contribution in [0.5, 0.6) is 23.0 Å². The minimum Gasteiger partial charge on any atom is -0.507 e. The molecule has 0 aliphatic rings. The second-order valence-corrected chi connectivity index (χ2v) is 11.8. The number of phenolic OH excluding ortho intramolecular Hbond substituents is 4. The Bertz CT molecular complexity index is 2470. The minimum atomic E-state index is -0.662. The molecule has 45 heavy (non-hydrogen) atoms. The molecule has 0 aliphatic heterocycles. The average Bonchev–Trinajstić information content (AvgIpc) is 3.38. The Kier molecular flexibility index (Phi) is 5.80. The third-order valence-electron chi connectivity index (χ3n) is 9.02. The van der Waals surface area contributed by atoms with Gasteiger partial charge in [0, 0.05) is 21.7 Å². The summed E-state index contributed by atoms with van der Waals surface area (Å²) >= 11 is 0. The highest BCUT2D eigenvalue weighted by atomic mass is 16.3. The number of aromatic hydroxyl groups is 4. The first kappa shape index (κ1) is 26.7. The molecule has 0 saturated carbocycles. The highest BCUT2D eigenvalue weighted by Crippen LogP contribution is 2.51. The summed E-state index contributed by atoms with van der Waals surface area (Å²) in [6.45, 7) is 3.60. The van der Waals surface area contributed by atoms with Gasteiger partial charge in [0.1, 0.15) is 5.75 Å². The highest BCUT2D eigenvalue weighted by molar-refractivity contribution is 6.13. The van der Waals surface area contributed by atoms with Gasteiger partial charge in [-0.15, -0.1) is 0 Å². The largest absolute Gasteiger partial charge is 0.507 e. The van der Waals surface area contributed by atoms with E-state index in [1.54, 1.807) is 0 Å². The molecule has 0 bridgehead atoms. The molecule has 8 rings (SSSR count). The van der Waals surface area contributed by atoms with E-state index in [-0.39, 0.29) is 16.9 Å². The lowest BCUT2D eigenvalue weighted by atomic mass is 9.97. The van der Waals surface area contributed by atoms with E-state index in [2.05, 4.69) is 90.4 Å². The molecule has 0 aliphatic carbocycles. The summed E-state index contributed by atoms with van der Waals surface area (Å²) < 4.78 is 2.21. The Morgan fingerprint density at radius 2 is 1.16 bits per heavy atom. The Balaban J connectivity index is 1.43. The third-order valence-corrected chi connectivity index (χ3v) is 9.02. The van der Waals surface area contributed by atoms with Crippen LogP contribution in [0.15, 0.2) is 115 Å². The maximum atomic E-state index is 11.0. The number of phenols is 4.